The van der Waals surface area contributed by atoms with Crippen LogP contribution in [-0.4, -0.2) is 32.8 Å². The van der Waals surface area contributed by atoms with E-state index in [9.17, 15) is 10.0 Å². The Bertz CT molecular complexity index is 784. The first-order valence-electron chi connectivity index (χ1n) is 5.40. The van der Waals surface area contributed by atoms with E-state index < -0.39 is 20.9 Å². The van der Waals surface area contributed by atoms with E-state index in [1.54, 1.807) is 6.07 Å². The van der Waals surface area contributed by atoms with Gasteiger partial charge in [0.25, 0.3) is 0 Å². The van der Waals surface area contributed by atoms with Crippen LogP contribution in [0.3, 0.4) is 0 Å². The first kappa shape index (κ1) is 12.5. The van der Waals surface area contributed by atoms with E-state index in [-0.39, 0.29) is 17.9 Å². The number of rotatable bonds is 2. The van der Waals surface area contributed by atoms with Crippen molar-refractivity contribution in [3.8, 4) is 16.5 Å². The molecule has 100 valence electrons. The van der Waals surface area contributed by atoms with Gasteiger partial charge in [-0.2, -0.15) is 0 Å². The number of fused-ring (bicyclic) bond motifs is 2. The second kappa shape index (κ2) is 4.56. The van der Waals surface area contributed by atoms with Crippen LogP contribution in [0.2, 0.25) is 0 Å². The number of pyridine rings is 1. The van der Waals surface area contributed by atoms with E-state index in [1.807, 2.05) is 4.97 Å². The fourth-order valence-corrected chi connectivity index (χ4v) is 3.28. The Morgan fingerprint density at radius 3 is 2.80 bits per heavy atom. The van der Waals surface area contributed by atoms with Gasteiger partial charge in [-0.3, -0.25) is 0 Å². The van der Waals surface area contributed by atoms with Gasteiger partial charge in [-0.25, -0.2) is 0 Å². The Morgan fingerprint density at radius 2 is 2.15 bits per heavy atom. The number of carboxylic acid groups (broad SMARTS) is 1. The molecule has 8 heteroatoms. The van der Waals surface area contributed by atoms with Crippen LogP contribution in [0, 0.1) is 15.4 Å². The first-order valence-corrected chi connectivity index (χ1v) is 7.12. The predicted molar refractivity (Wildman–Crippen MR) is 67.0 cm³/mol. The van der Waals surface area contributed by atoms with E-state index in [0.29, 0.717) is 26.1 Å². The van der Waals surface area contributed by atoms with E-state index in [0.717, 1.165) is 6.20 Å². The molecule has 1 aromatic carbocycles. The van der Waals surface area contributed by atoms with E-state index in [1.165, 1.54) is 6.07 Å². The maximum absolute atomic E-state index is 11.9. The summed E-state index contributed by atoms with van der Waals surface area (Å²) >= 11 is -0.714. The Balaban J connectivity index is 2.40. The van der Waals surface area contributed by atoms with Gasteiger partial charge in [-0.05, 0) is 0 Å². The van der Waals surface area contributed by atoms with Crippen LogP contribution in [0.5, 0.6) is 11.5 Å². The molecular weight excluding hydrogens is 331 g/mol. The molecule has 3 rings (SSSR count). The molecule has 2 aromatic rings. The van der Waals surface area contributed by atoms with Gasteiger partial charge < -0.3 is 0 Å². The normalized spacial score (nSPS) is 12.3. The zero-order chi connectivity index (χ0) is 14.3. The molecule has 0 amide bonds. The van der Waals surface area contributed by atoms with Gasteiger partial charge in [-0.15, -0.1) is 0 Å². The monoisotopic (exact) mass is 338 g/mol. The van der Waals surface area contributed by atoms with Crippen LogP contribution in [-0.2, 0) is 0 Å². The maximum atomic E-state index is 11.9. The second-order valence-electron chi connectivity index (χ2n) is 3.92. The molecule has 1 aliphatic rings. The van der Waals surface area contributed by atoms with Crippen LogP contribution in [0.1, 0.15) is 10.4 Å². The van der Waals surface area contributed by atoms with Gasteiger partial charge in [0.2, 0.25) is 0 Å². The number of nitriles is 1. The number of carboxylic acids is 1. The summed E-state index contributed by atoms with van der Waals surface area (Å²) in [6.45, 7) is 0.0506. The number of nitrogens with zero attached hydrogens (tertiary/aromatic N) is 2. The molecule has 1 N–H and O–H groups in total. The third-order valence-electron chi connectivity index (χ3n) is 2.84. The average molecular weight is 337 g/mol. The molecule has 0 radical (unpaired) electrons. The fraction of sp³-hybridized carbons (Fsp3) is 0.0833. The van der Waals surface area contributed by atoms with Gasteiger partial charge in [0.1, 0.15) is 0 Å². The standard InChI is InChI=1S/C12H6N2O5Se/c13-4-20-11-6-1-9-10(19-5-18-9)2-8(6)14(17)3-7(11)12(15)16/h1-3H,5H2,(H,15,16). The summed E-state index contributed by atoms with van der Waals surface area (Å²) in [4.78, 5) is 13.2. The Labute approximate surface area is 118 Å². The molecule has 0 unspecified atom stereocenters. The molecule has 0 fully saturated rings. The van der Waals surface area contributed by atoms with Crippen molar-refractivity contribution in [2.45, 2.75) is 0 Å². The van der Waals surface area contributed by atoms with Crippen molar-refractivity contribution in [1.82, 2.24) is 0 Å². The number of hydrogen-bond donors (Lipinski definition) is 1. The van der Waals surface area contributed by atoms with Crippen molar-refractivity contribution in [1.29, 1.82) is 5.26 Å². The van der Waals surface area contributed by atoms with Gasteiger partial charge in [0, 0.05) is 0 Å². The SMILES string of the molecule is N#C[Se]c1c(C(=O)O)c[n+]([O-])c2cc3c(cc12)OCO3. The Hall–Kier alpha value is -2.49. The quantitative estimate of drug-likeness (QED) is 0.459. The van der Waals surface area contributed by atoms with Gasteiger partial charge in [0.05, 0.1) is 0 Å². The molecule has 2 heterocycles. The summed E-state index contributed by atoms with van der Waals surface area (Å²) in [6.07, 6.45) is 0.974. The van der Waals surface area contributed by atoms with Crippen molar-refractivity contribution in [3.05, 3.63) is 29.1 Å². The molecular formula is C12H6N2O5Se. The Morgan fingerprint density at radius 1 is 1.45 bits per heavy atom. The van der Waals surface area contributed by atoms with Gasteiger partial charge in [-0.1, -0.05) is 0 Å². The van der Waals surface area contributed by atoms with Crippen molar-refractivity contribution in [3.63, 3.8) is 0 Å². The zero-order valence-electron chi connectivity index (χ0n) is 9.82. The molecule has 0 saturated heterocycles. The molecule has 0 aliphatic carbocycles. The second-order valence-corrected chi connectivity index (χ2v) is 5.59. The van der Waals surface area contributed by atoms with Crippen LogP contribution in [0.25, 0.3) is 10.9 Å². The first-order chi connectivity index (χ1) is 9.61. The minimum atomic E-state index is -1.23. The van der Waals surface area contributed by atoms with Crippen molar-refractivity contribution in [2.24, 2.45) is 0 Å². The van der Waals surface area contributed by atoms with Crippen molar-refractivity contribution in [2.75, 3.05) is 6.79 Å². The zero-order valence-corrected chi connectivity index (χ0v) is 11.5. The number of aromatic carboxylic acids is 1. The summed E-state index contributed by atoms with van der Waals surface area (Å²) < 4.78 is 11.2. The number of benzene rings is 1. The van der Waals surface area contributed by atoms with Crippen LogP contribution < -0.4 is 18.7 Å². The van der Waals surface area contributed by atoms with E-state index in [2.05, 4.69) is 0 Å². The molecule has 20 heavy (non-hydrogen) atoms. The number of carbonyl (C=O) groups is 1. The summed E-state index contributed by atoms with van der Waals surface area (Å²) in [5.41, 5.74) is 0.0966. The molecule has 0 saturated carbocycles. The third kappa shape index (κ3) is 1.81. The third-order valence-corrected chi connectivity index (χ3v) is 4.38. The number of ether oxygens (including phenoxy) is 2. The van der Waals surface area contributed by atoms with Crippen LogP contribution in [0.15, 0.2) is 18.3 Å². The van der Waals surface area contributed by atoms with E-state index >= 15 is 0 Å². The van der Waals surface area contributed by atoms with Crippen LogP contribution >= 0.6 is 0 Å². The molecule has 7 nitrogen and oxygen atoms in total. The van der Waals surface area contributed by atoms with Crippen molar-refractivity contribution >= 4 is 36.3 Å². The molecule has 1 aromatic heterocycles. The van der Waals surface area contributed by atoms with Crippen LogP contribution in [0.4, 0.5) is 0 Å². The van der Waals surface area contributed by atoms with Gasteiger partial charge in [0.15, 0.2) is 0 Å². The summed E-state index contributed by atoms with van der Waals surface area (Å²) in [7, 11) is 0. The molecule has 0 atom stereocenters. The summed E-state index contributed by atoms with van der Waals surface area (Å²) in [5.74, 6) is -0.364. The summed E-state index contributed by atoms with van der Waals surface area (Å²) in [6, 6.07) is 3.04. The average Bonchev–Trinajstić information content (AvgIpc) is 2.87. The summed E-state index contributed by atoms with van der Waals surface area (Å²) in [5, 5.41) is 30.4. The number of hydrogen-bond acceptors (Lipinski definition) is 5. The topological polar surface area (TPSA) is 106 Å². The number of aromatic nitrogens is 1. The predicted octanol–water partition coefficient (Wildman–Crippen LogP) is -0.289. The molecule has 1 aliphatic heterocycles. The molecule has 0 bridgehead atoms. The minimum absolute atomic E-state index is 0.0506. The Kier molecular flexibility index (Phi) is 2.86. The van der Waals surface area contributed by atoms with Crippen molar-refractivity contribution < 1.29 is 24.1 Å². The molecule has 0 spiro atoms. The van der Waals surface area contributed by atoms with E-state index in [4.69, 9.17) is 19.8 Å². The van der Waals surface area contributed by atoms with Gasteiger partial charge >= 0.3 is 118 Å². The fourth-order valence-electron chi connectivity index (χ4n) is 1.99.